The Morgan fingerprint density at radius 3 is 2.28 bits per heavy atom. The van der Waals surface area contributed by atoms with E-state index >= 15 is 0 Å². The third kappa shape index (κ3) is 4.44. The molecule has 2 fully saturated rings. The Labute approximate surface area is 174 Å². The van der Waals surface area contributed by atoms with E-state index in [4.69, 9.17) is 4.98 Å². The predicted octanol–water partition coefficient (Wildman–Crippen LogP) is 3.83. The molecule has 1 saturated heterocycles. The summed E-state index contributed by atoms with van der Waals surface area (Å²) in [6.07, 6.45) is 5.40. The number of aromatic nitrogens is 2. The number of carbonyl (C=O) groups excluding carboxylic acids is 1. The molecule has 0 spiro atoms. The lowest BCUT2D eigenvalue weighted by Crippen LogP contribution is -2.50. The van der Waals surface area contributed by atoms with Gasteiger partial charge in [0.25, 0.3) is 0 Å². The topological polar surface area (TPSA) is 49.3 Å². The van der Waals surface area contributed by atoms with Gasteiger partial charge in [0.05, 0.1) is 0 Å². The maximum Gasteiger partial charge on any atom is 0.225 e. The first kappa shape index (κ1) is 19.9. The van der Waals surface area contributed by atoms with Gasteiger partial charge in [-0.1, -0.05) is 42.7 Å². The summed E-state index contributed by atoms with van der Waals surface area (Å²) < 4.78 is 0. The molecule has 1 aliphatic heterocycles. The van der Waals surface area contributed by atoms with Gasteiger partial charge in [-0.15, -0.1) is 0 Å². The molecule has 0 radical (unpaired) electrons. The Bertz CT molecular complexity index is 863. The lowest BCUT2D eigenvalue weighted by molar-refractivity contribution is -0.135. The Kier molecular flexibility index (Phi) is 5.84. The van der Waals surface area contributed by atoms with Crippen LogP contribution in [0.1, 0.15) is 53.9 Å². The van der Waals surface area contributed by atoms with E-state index in [1.165, 1.54) is 29.5 Å². The number of hydrogen-bond acceptors (Lipinski definition) is 4. The Hall–Kier alpha value is -2.43. The average molecular weight is 393 g/mol. The third-order valence-corrected chi connectivity index (χ3v) is 6.40. The zero-order valence-electron chi connectivity index (χ0n) is 17.9. The molecule has 2 aliphatic rings. The number of anilines is 1. The number of nitrogens with zero attached hydrogens (tertiary/aromatic N) is 4. The molecule has 1 aliphatic carbocycles. The molecule has 2 heterocycles. The van der Waals surface area contributed by atoms with Crippen molar-refractivity contribution in [2.24, 2.45) is 5.92 Å². The van der Waals surface area contributed by atoms with Crippen molar-refractivity contribution in [2.75, 3.05) is 31.1 Å². The maximum atomic E-state index is 12.8. The highest BCUT2D eigenvalue weighted by Crippen LogP contribution is 2.28. The van der Waals surface area contributed by atoms with Crippen LogP contribution in [-0.2, 0) is 11.2 Å². The van der Waals surface area contributed by atoms with Gasteiger partial charge < -0.3 is 9.80 Å². The van der Waals surface area contributed by atoms with E-state index in [0.29, 0.717) is 5.91 Å². The minimum absolute atomic E-state index is 0.266. The molecule has 5 heteroatoms. The van der Waals surface area contributed by atoms with Gasteiger partial charge in [-0.2, -0.15) is 0 Å². The smallest absolute Gasteiger partial charge is 0.225 e. The number of hydrogen-bond donors (Lipinski definition) is 0. The SMILES string of the molecule is Cc1ccc(Cc2c(C)nc(C)nc2N2CCN(C(=O)C3CCCC3)CC2)cc1. The van der Waals surface area contributed by atoms with Crippen LogP contribution in [0.4, 0.5) is 5.82 Å². The summed E-state index contributed by atoms with van der Waals surface area (Å²) in [5.74, 6) is 2.50. The standard InChI is InChI=1S/C24H32N4O/c1-17-8-10-20(11-9-17)16-22-18(2)25-19(3)26-23(22)27-12-14-28(15-13-27)24(29)21-6-4-5-7-21/h8-11,21H,4-7,12-16H2,1-3H3. The molecule has 1 aromatic carbocycles. The number of benzene rings is 1. The van der Waals surface area contributed by atoms with Crippen molar-refractivity contribution in [2.45, 2.75) is 52.9 Å². The van der Waals surface area contributed by atoms with Crippen molar-refractivity contribution in [3.05, 3.63) is 52.5 Å². The van der Waals surface area contributed by atoms with Crippen LogP contribution in [0, 0.1) is 26.7 Å². The van der Waals surface area contributed by atoms with Crippen molar-refractivity contribution in [1.82, 2.24) is 14.9 Å². The van der Waals surface area contributed by atoms with Crippen molar-refractivity contribution in [3.63, 3.8) is 0 Å². The van der Waals surface area contributed by atoms with Gasteiger partial charge in [0, 0.05) is 49.8 Å². The minimum atomic E-state index is 0.266. The van der Waals surface area contributed by atoms with Crippen molar-refractivity contribution < 1.29 is 4.79 Å². The molecule has 4 rings (SSSR count). The lowest BCUT2D eigenvalue weighted by atomic mass is 10.0. The van der Waals surface area contributed by atoms with E-state index in [0.717, 1.165) is 62.8 Å². The van der Waals surface area contributed by atoms with E-state index < -0.39 is 0 Å². The van der Waals surface area contributed by atoms with Crippen LogP contribution in [0.2, 0.25) is 0 Å². The second-order valence-electron chi connectivity index (χ2n) is 8.61. The molecule has 0 atom stereocenters. The fourth-order valence-corrected chi connectivity index (χ4v) is 4.67. The summed E-state index contributed by atoms with van der Waals surface area (Å²) in [5, 5.41) is 0. The summed E-state index contributed by atoms with van der Waals surface area (Å²) >= 11 is 0. The number of piperazine rings is 1. The monoisotopic (exact) mass is 392 g/mol. The Balaban J connectivity index is 1.50. The molecule has 29 heavy (non-hydrogen) atoms. The average Bonchev–Trinajstić information content (AvgIpc) is 3.26. The molecule has 0 unspecified atom stereocenters. The number of amides is 1. The van der Waals surface area contributed by atoms with Gasteiger partial charge in [0.1, 0.15) is 11.6 Å². The summed E-state index contributed by atoms with van der Waals surface area (Å²) in [6.45, 7) is 9.43. The molecule has 1 saturated carbocycles. The van der Waals surface area contributed by atoms with E-state index in [9.17, 15) is 4.79 Å². The second kappa shape index (κ2) is 8.52. The van der Waals surface area contributed by atoms with Gasteiger partial charge in [-0.05, 0) is 39.2 Å². The predicted molar refractivity (Wildman–Crippen MR) is 116 cm³/mol. The summed E-state index contributed by atoms with van der Waals surface area (Å²) in [6, 6.07) is 8.70. The lowest BCUT2D eigenvalue weighted by Gasteiger charge is -2.37. The van der Waals surface area contributed by atoms with E-state index in [-0.39, 0.29) is 5.92 Å². The van der Waals surface area contributed by atoms with Gasteiger partial charge >= 0.3 is 0 Å². The maximum absolute atomic E-state index is 12.8. The van der Waals surface area contributed by atoms with Crippen LogP contribution in [0.25, 0.3) is 0 Å². The highest BCUT2D eigenvalue weighted by atomic mass is 16.2. The van der Waals surface area contributed by atoms with Crippen LogP contribution in [0.15, 0.2) is 24.3 Å². The number of rotatable bonds is 4. The largest absolute Gasteiger partial charge is 0.353 e. The van der Waals surface area contributed by atoms with Crippen molar-refractivity contribution in [3.8, 4) is 0 Å². The Morgan fingerprint density at radius 2 is 1.62 bits per heavy atom. The zero-order chi connectivity index (χ0) is 20.4. The van der Waals surface area contributed by atoms with Crippen molar-refractivity contribution >= 4 is 11.7 Å². The zero-order valence-corrected chi connectivity index (χ0v) is 17.9. The minimum Gasteiger partial charge on any atom is -0.353 e. The molecule has 1 aromatic heterocycles. The van der Waals surface area contributed by atoms with Crippen LogP contribution in [0.5, 0.6) is 0 Å². The van der Waals surface area contributed by atoms with E-state index in [1.54, 1.807) is 0 Å². The number of carbonyl (C=O) groups is 1. The van der Waals surface area contributed by atoms with Crippen LogP contribution in [-0.4, -0.2) is 47.0 Å². The van der Waals surface area contributed by atoms with E-state index in [2.05, 4.69) is 52.9 Å². The first-order valence-corrected chi connectivity index (χ1v) is 10.9. The highest BCUT2D eigenvalue weighted by molar-refractivity contribution is 5.79. The fraction of sp³-hybridized carbons (Fsp3) is 0.542. The van der Waals surface area contributed by atoms with Crippen LogP contribution < -0.4 is 4.90 Å². The molecule has 2 aromatic rings. The van der Waals surface area contributed by atoms with Gasteiger partial charge in [-0.3, -0.25) is 4.79 Å². The van der Waals surface area contributed by atoms with Crippen LogP contribution in [0.3, 0.4) is 0 Å². The fourth-order valence-electron chi connectivity index (χ4n) is 4.67. The Morgan fingerprint density at radius 1 is 0.966 bits per heavy atom. The molecule has 0 N–H and O–H groups in total. The van der Waals surface area contributed by atoms with E-state index in [1.807, 2.05) is 6.92 Å². The van der Waals surface area contributed by atoms with Crippen LogP contribution >= 0.6 is 0 Å². The molecule has 0 bridgehead atoms. The quantitative estimate of drug-likeness (QED) is 0.793. The van der Waals surface area contributed by atoms with Gasteiger partial charge in [0.15, 0.2) is 0 Å². The normalized spacial score (nSPS) is 17.8. The third-order valence-electron chi connectivity index (χ3n) is 6.40. The molecule has 5 nitrogen and oxygen atoms in total. The number of aryl methyl sites for hydroxylation is 3. The first-order chi connectivity index (χ1) is 14.0. The van der Waals surface area contributed by atoms with Gasteiger partial charge in [0.2, 0.25) is 5.91 Å². The summed E-state index contributed by atoms with van der Waals surface area (Å²) in [7, 11) is 0. The molecule has 1 amide bonds. The molecule has 154 valence electrons. The summed E-state index contributed by atoms with van der Waals surface area (Å²) in [5.41, 5.74) is 4.81. The van der Waals surface area contributed by atoms with Crippen molar-refractivity contribution in [1.29, 1.82) is 0 Å². The highest BCUT2D eigenvalue weighted by Gasteiger charge is 2.30. The van der Waals surface area contributed by atoms with Gasteiger partial charge in [-0.25, -0.2) is 9.97 Å². The molecular formula is C24H32N4O. The molecular weight excluding hydrogens is 360 g/mol. The first-order valence-electron chi connectivity index (χ1n) is 10.9. The second-order valence-corrected chi connectivity index (χ2v) is 8.61. The summed E-state index contributed by atoms with van der Waals surface area (Å²) in [4.78, 5) is 26.7.